The molecule has 3 heterocycles. The van der Waals surface area contributed by atoms with Gasteiger partial charge < -0.3 is 18.8 Å². The molecule has 2 aliphatic rings. The van der Waals surface area contributed by atoms with Crippen LogP contribution in [-0.4, -0.2) is 41.6 Å². The van der Waals surface area contributed by atoms with E-state index in [0.717, 1.165) is 17.3 Å². The van der Waals surface area contributed by atoms with Gasteiger partial charge in [-0.1, -0.05) is 50.3 Å². The van der Waals surface area contributed by atoms with Crippen LogP contribution in [0.3, 0.4) is 0 Å². The quantitative estimate of drug-likeness (QED) is 0.566. The number of fused-ring (bicyclic) bond motifs is 1. The summed E-state index contributed by atoms with van der Waals surface area (Å²) in [4.78, 5) is 30.0. The zero-order valence-corrected chi connectivity index (χ0v) is 19.4. The Hall–Kier alpha value is -3.53. The van der Waals surface area contributed by atoms with Gasteiger partial charge in [0, 0.05) is 38.1 Å². The fourth-order valence-corrected chi connectivity index (χ4v) is 5.52. The smallest absolute Gasteiger partial charge is 0.289 e. The minimum atomic E-state index is -0.207. The second-order valence-electron chi connectivity index (χ2n) is 9.36. The minimum absolute atomic E-state index is 0.131. The molecule has 1 aliphatic carbocycles. The minimum Gasteiger partial charge on any atom is -0.459 e. The number of rotatable bonds is 5. The molecule has 0 unspecified atom stereocenters. The van der Waals surface area contributed by atoms with Crippen molar-refractivity contribution in [3.63, 3.8) is 0 Å². The molecule has 176 valence electrons. The van der Waals surface area contributed by atoms with Crippen molar-refractivity contribution >= 4 is 22.5 Å². The third-order valence-electron chi connectivity index (χ3n) is 7.36. The van der Waals surface area contributed by atoms with Crippen molar-refractivity contribution in [2.24, 2.45) is 5.92 Å². The standard InChI is InChI=1S/C27H30N4O3/c28-19-22-25(29-14-16-30(17-15-29)27(33)24-11-6-18-34-24)21-9-4-5-10-23(21)31(26(22)32)13-12-20-7-2-1-3-8-20/h4-6,9-11,18,20H,1-3,7-8,12-17H2. The van der Waals surface area contributed by atoms with Crippen LogP contribution in [0, 0.1) is 17.2 Å². The van der Waals surface area contributed by atoms with Gasteiger partial charge in [0.25, 0.3) is 11.5 Å². The van der Waals surface area contributed by atoms with E-state index in [-0.39, 0.29) is 17.0 Å². The van der Waals surface area contributed by atoms with E-state index >= 15 is 0 Å². The van der Waals surface area contributed by atoms with E-state index in [9.17, 15) is 14.9 Å². The first-order valence-electron chi connectivity index (χ1n) is 12.3. The molecule has 5 rings (SSSR count). The molecular weight excluding hydrogens is 428 g/mol. The van der Waals surface area contributed by atoms with Gasteiger partial charge in [0.2, 0.25) is 0 Å². The number of carbonyl (C=O) groups excluding carboxylic acids is 1. The van der Waals surface area contributed by atoms with Crippen molar-refractivity contribution < 1.29 is 9.21 Å². The summed E-state index contributed by atoms with van der Waals surface area (Å²) in [6.45, 7) is 2.75. The van der Waals surface area contributed by atoms with Crippen molar-refractivity contribution in [2.75, 3.05) is 31.1 Å². The normalized spacial score (nSPS) is 17.1. The first-order chi connectivity index (χ1) is 16.7. The predicted octanol–water partition coefficient (Wildman–Crippen LogP) is 4.40. The number of aromatic nitrogens is 1. The van der Waals surface area contributed by atoms with Crippen molar-refractivity contribution in [2.45, 2.75) is 45.1 Å². The fourth-order valence-electron chi connectivity index (χ4n) is 5.52. The van der Waals surface area contributed by atoms with E-state index in [1.807, 2.05) is 28.8 Å². The molecule has 1 saturated heterocycles. The third kappa shape index (κ3) is 4.21. The SMILES string of the molecule is N#Cc1c(N2CCN(C(=O)c3ccco3)CC2)c2ccccc2n(CCC2CCCCC2)c1=O. The summed E-state index contributed by atoms with van der Waals surface area (Å²) in [7, 11) is 0. The van der Waals surface area contributed by atoms with E-state index in [0.29, 0.717) is 50.1 Å². The van der Waals surface area contributed by atoms with Crippen LogP contribution in [0.15, 0.2) is 51.9 Å². The number of furan rings is 1. The molecule has 0 N–H and O–H groups in total. The molecule has 2 fully saturated rings. The molecule has 0 radical (unpaired) electrons. The number of nitrogens with zero attached hydrogens (tertiary/aromatic N) is 4. The van der Waals surface area contributed by atoms with Gasteiger partial charge in [0.05, 0.1) is 17.5 Å². The number of anilines is 1. The van der Waals surface area contributed by atoms with Gasteiger partial charge in [-0.2, -0.15) is 5.26 Å². The molecule has 34 heavy (non-hydrogen) atoms. The van der Waals surface area contributed by atoms with Gasteiger partial charge in [-0.25, -0.2) is 0 Å². The Morgan fingerprint density at radius 1 is 1.03 bits per heavy atom. The Kier molecular flexibility index (Phi) is 6.39. The summed E-state index contributed by atoms with van der Waals surface area (Å²) in [5.41, 5.74) is 1.57. The molecule has 1 saturated carbocycles. The number of piperazine rings is 1. The van der Waals surface area contributed by atoms with Gasteiger partial charge in [-0.05, 0) is 30.5 Å². The molecule has 1 aliphatic heterocycles. The summed E-state index contributed by atoms with van der Waals surface area (Å²) in [6, 6.07) is 13.5. The van der Waals surface area contributed by atoms with E-state index < -0.39 is 0 Å². The zero-order chi connectivity index (χ0) is 23.5. The zero-order valence-electron chi connectivity index (χ0n) is 19.4. The maximum atomic E-state index is 13.5. The molecule has 7 nitrogen and oxygen atoms in total. The Labute approximate surface area is 199 Å². The number of hydrogen-bond acceptors (Lipinski definition) is 5. The Morgan fingerprint density at radius 3 is 2.50 bits per heavy atom. The van der Waals surface area contributed by atoms with E-state index in [1.54, 1.807) is 17.0 Å². The number of hydrogen-bond donors (Lipinski definition) is 0. The average Bonchev–Trinajstić information content (AvgIpc) is 3.43. The number of carbonyl (C=O) groups is 1. The lowest BCUT2D eigenvalue weighted by molar-refractivity contribution is 0.0715. The van der Waals surface area contributed by atoms with Crippen LogP contribution in [-0.2, 0) is 6.54 Å². The van der Waals surface area contributed by atoms with E-state index in [2.05, 4.69) is 11.0 Å². The highest BCUT2D eigenvalue weighted by molar-refractivity contribution is 5.95. The molecule has 1 amide bonds. The van der Waals surface area contributed by atoms with Crippen LogP contribution >= 0.6 is 0 Å². The van der Waals surface area contributed by atoms with E-state index in [1.165, 1.54) is 38.4 Å². The average molecular weight is 459 g/mol. The molecule has 2 aromatic heterocycles. The van der Waals surface area contributed by atoms with E-state index in [4.69, 9.17) is 4.42 Å². The largest absolute Gasteiger partial charge is 0.459 e. The summed E-state index contributed by atoms with van der Waals surface area (Å²) in [6.07, 6.45) is 8.80. The van der Waals surface area contributed by atoms with Gasteiger partial charge in [0.1, 0.15) is 11.6 Å². The van der Waals surface area contributed by atoms with Crippen LogP contribution in [0.4, 0.5) is 5.69 Å². The molecular formula is C27H30N4O3. The highest BCUT2D eigenvalue weighted by Crippen LogP contribution is 2.31. The van der Waals surface area contributed by atoms with Crippen molar-refractivity contribution in [3.8, 4) is 6.07 Å². The summed E-state index contributed by atoms with van der Waals surface area (Å²) in [5.74, 6) is 0.856. The molecule has 0 atom stereocenters. The Balaban J connectivity index is 1.43. The molecule has 0 bridgehead atoms. The lowest BCUT2D eigenvalue weighted by Crippen LogP contribution is -2.49. The van der Waals surface area contributed by atoms with Gasteiger partial charge >= 0.3 is 0 Å². The second-order valence-corrected chi connectivity index (χ2v) is 9.36. The highest BCUT2D eigenvalue weighted by Gasteiger charge is 2.28. The van der Waals surface area contributed by atoms with Crippen LogP contribution in [0.25, 0.3) is 10.9 Å². The van der Waals surface area contributed by atoms with Crippen molar-refractivity contribution in [1.82, 2.24) is 9.47 Å². The first-order valence-corrected chi connectivity index (χ1v) is 12.3. The van der Waals surface area contributed by atoms with Crippen LogP contribution in [0.1, 0.15) is 54.6 Å². The maximum absolute atomic E-state index is 13.5. The van der Waals surface area contributed by atoms with Crippen LogP contribution in [0.5, 0.6) is 0 Å². The van der Waals surface area contributed by atoms with Crippen LogP contribution in [0.2, 0.25) is 0 Å². The predicted molar refractivity (Wildman–Crippen MR) is 131 cm³/mol. The van der Waals surface area contributed by atoms with Gasteiger partial charge in [0.15, 0.2) is 5.76 Å². The topological polar surface area (TPSA) is 82.5 Å². The van der Waals surface area contributed by atoms with Crippen molar-refractivity contribution in [3.05, 3.63) is 64.3 Å². The fraction of sp³-hybridized carbons (Fsp3) is 0.444. The lowest BCUT2D eigenvalue weighted by Gasteiger charge is -2.36. The number of aryl methyl sites for hydroxylation is 1. The summed E-state index contributed by atoms with van der Waals surface area (Å²) < 4.78 is 7.07. The Morgan fingerprint density at radius 2 is 1.79 bits per heavy atom. The van der Waals surface area contributed by atoms with Crippen LogP contribution < -0.4 is 10.5 Å². The number of benzene rings is 1. The number of para-hydroxylation sites is 1. The molecule has 1 aromatic carbocycles. The van der Waals surface area contributed by atoms with Gasteiger partial charge in [-0.15, -0.1) is 0 Å². The van der Waals surface area contributed by atoms with Gasteiger partial charge in [-0.3, -0.25) is 9.59 Å². The number of amides is 1. The lowest BCUT2D eigenvalue weighted by atomic mass is 9.87. The Bertz CT molecular complexity index is 1260. The second kappa shape index (κ2) is 9.76. The molecule has 0 spiro atoms. The molecule has 7 heteroatoms. The highest BCUT2D eigenvalue weighted by atomic mass is 16.3. The van der Waals surface area contributed by atoms with Crippen molar-refractivity contribution in [1.29, 1.82) is 5.26 Å². The maximum Gasteiger partial charge on any atom is 0.289 e. The third-order valence-corrected chi connectivity index (χ3v) is 7.36. The first kappa shape index (κ1) is 22.3. The number of nitriles is 1. The molecule has 3 aromatic rings. The monoisotopic (exact) mass is 458 g/mol. The summed E-state index contributed by atoms with van der Waals surface area (Å²) >= 11 is 0. The summed E-state index contributed by atoms with van der Waals surface area (Å²) in [5, 5.41) is 11.0. The number of pyridine rings is 1.